The van der Waals surface area contributed by atoms with E-state index in [1.54, 1.807) is 0 Å². The first-order chi connectivity index (χ1) is 7.62. The third kappa shape index (κ3) is 2.40. The summed E-state index contributed by atoms with van der Waals surface area (Å²) in [5, 5.41) is 9.48. The molecular weight excluding hydrogens is 204 g/mol. The van der Waals surface area contributed by atoms with Gasteiger partial charge in [-0.3, -0.25) is 4.79 Å². The lowest BCUT2D eigenvalue weighted by atomic mass is 9.75. The number of hydrogen-bond acceptors (Lipinski definition) is 2. The van der Waals surface area contributed by atoms with E-state index in [1.165, 1.54) is 0 Å². The van der Waals surface area contributed by atoms with Crippen molar-refractivity contribution in [2.24, 2.45) is 17.3 Å². The molecule has 2 atom stereocenters. The zero-order valence-electron chi connectivity index (χ0n) is 10.1. The van der Waals surface area contributed by atoms with Crippen molar-refractivity contribution in [2.45, 2.75) is 45.4 Å². The molecule has 1 saturated carbocycles. The number of carbonyl (C=O) groups is 1. The van der Waals surface area contributed by atoms with Crippen molar-refractivity contribution in [2.75, 3.05) is 13.2 Å². The second-order valence-electron chi connectivity index (χ2n) is 5.69. The SMILES string of the molecule is CC1CCC(CC2CCOCC2)(C(=O)O)C1. The lowest BCUT2D eigenvalue weighted by molar-refractivity contribution is -0.150. The average Bonchev–Trinajstić information content (AvgIpc) is 2.63. The predicted molar refractivity (Wildman–Crippen MR) is 61.2 cm³/mol. The van der Waals surface area contributed by atoms with Crippen molar-refractivity contribution in [1.82, 2.24) is 0 Å². The van der Waals surface area contributed by atoms with Gasteiger partial charge in [-0.15, -0.1) is 0 Å². The molecule has 3 nitrogen and oxygen atoms in total. The number of carboxylic acids is 1. The summed E-state index contributed by atoms with van der Waals surface area (Å²) in [5.41, 5.74) is -0.415. The molecule has 1 saturated heterocycles. The number of rotatable bonds is 3. The molecule has 1 aliphatic heterocycles. The minimum absolute atomic E-state index is 0.415. The molecule has 3 heteroatoms. The van der Waals surface area contributed by atoms with Gasteiger partial charge < -0.3 is 9.84 Å². The smallest absolute Gasteiger partial charge is 0.309 e. The average molecular weight is 226 g/mol. The van der Waals surface area contributed by atoms with Crippen LogP contribution in [0.4, 0.5) is 0 Å². The van der Waals surface area contributed by atoms with E-state index in [-0.39, 0.29) is 0 Å². The molecule has 1 aliphatic carbocycles. The van der Waals surface area contributed by atoms with Gasteiger partial charge in [0.05, 0.1) is 5.41 Å². The highest BCUT2D eigenvalue weighted by atomic mass is 16.5. The Morgan fingerprint density at radius 3 is 2.56 bits per heavy atom. The standard InChI is InChI=1S/C13H22O3/c1-10-2-5-13(8-10,12(14)15)9-11-3-6-16-7-4-11/h10-11H,2-9H2,1H3,(H,14,15). The summed E-state index contributed by atoms with van der Waals surface area (Å²) in [4.78, 5) is 11.5. The van der Waals surface area contributed by atoms with Crippen molar-refractivity contribution < 1.29 is 14.6 Å². The third-order valence-corrected chi connectivity index (χ3v) is 4.33. The second-order valence-corrected chi connectivity index (χ2v) is 5.69. The molecule has 0 amide bonds. The van der Waals surface area contributed by atoms with Crippen LogP contribution in [0.25, 0.3) is 0 Å². The van der Waals surface area contributed by atoms with E-state index >= 15 is 0 Å². The molecule has 2 rings (SSSR count). The van der Waals surface area contributed by atoms with E-state index in [2.05, 4.69) is 6.92 Å². The van der Waals surface area contributed by atoms with E-state index in [1.807, 2.05) is 0 Å². The topological polar surface area (TPSA) is 46.5 Å². The maximum Gasteiger partial charge on any atom is 0.309 e. The van der Waals surface area contributed by atoms with Crippen molar-refractivity contribution in [3.63, 3.8) is 0 Å². The van der Waals surface area contributed by atoms with Crippen LogP contribution < -0.4 is 0 Å². The van der Waals surface area contributed by atoms with Crippen LogP contribution in [0, 0.1) is 17.3 Å². The van der Waals surface area contributed by atoms with Crippen LogP contribution in [0.1, 0.15) is 45.4 Å². The highest BCUT2D eigenvalue weighted by Crippen LogP contribution is 2.47. The molecule has 16 heavy (non-hydrogen) atoms. The van der Waals surface area contributed by atoms with Crippen LogP contribution in [0.3, 0.4) is 0 Å². The Morgan fingerprint density at radius 1 is 1.38 bits per heavy atom. The largest absolute Gasteiger partial charge is 0.481 e. The minimum Gasteiger partial charge on any atom is -0.481 e. The first-order valence-electron chi connectivity index (χ1n) is 6.43. The van der Waals surface area contributed by atoms with E-state index in [0.717, 1.165) is 51.7 Å². The van der Waals surface area contributed by atoms with Crippen LogP contribution >= 0.6 is 0 Å². The van der Waals surface area contributed by atoms with Crippen LogP contribution in [0.5, 0.6) is 0 Å². The number of carboxylic acid groups (broad SMARTS) is 1. The molecule has 92 valence electrons. The van der Waals surface area contributed by atoms with Crippen molar-refractivity contribution >= 4 is 5.97 Å². The number of aliphatic carboxylic acids is 1. The Kier molecular flexibility index (Phi) is 3.53. The van der Waals surface area contributed by atoms with E-state index in [0.29, 0.717) is 11.8 Å². The Bertz CT molecular complexity index is 258. The molecule has 0 aromatic rings. The summed E-state index contributed by atoms with van der Waals surface area (Å²) in [5.74, 6) is 0.578. The normalized spacial score (nSPS) is 36.4. The molecule has 1 heterocycles. The first-order valence-corrected chi connectivity index (χ1v) is 6.43. The highest BCUT2D eigenvalue weighted by Gasteiger charge is 2.45. The molecule has 0 bridgehead atoms. The van der Waals surface area contributed by atoms with Crippen LogP contribution in [0.2, 0.25) is 0 Å². The van der Waals surface area contributed by atoms with Crippen LogP contribution in [-0.2, 0) is 9.53 Å². The minimum atomic E-state index is -0.566. The zero-order chi connectivity index (χ0) is 11.6. The fourth-order valence-corrected chi connectivity index (χ4v) is 3.36. The molecule has 2 aliphatic rings. The van der Waals surface area contributed by atoms with Crippen molar-refractivity contribution in [1.29, 1.82) is 0 Å². The Balaban J connectivity index is 1.99. The molecule has 0 aromatic carbocycles. The molecule has 1 N–H and O–H groups in total. The van der Waals surface area contributed by atoms with Gasteiger partial charge in [0.2, 0.25) is 0 Å². The summed E-state index contributed by atoms with van der Waals surface area (Å²) in [6, 6.07) is 0. The van der Waals surface area contributed by atoms with Crippen LogP contribution in [0.15, 0.2) is 0 Å². The van der Waals surface area contributed by atoms with Gasteiger partial charge in [0.15, 0.2) is 0 Å². The Hall–Kier alpha value is -0.570. The quantitative estimate of drug-likeness (QED) is 0.804. The maximum absolute atomic E-state index is 11.5. The van der Waals surface area contributed by atoms with Gasteiger partial charge in [-0.05, 0) is 50.4 Å². The number of hydrogen-bond donors (Lipinski definition) is 1. The zero-order valence-corrected chi connectivity index (χ0v) is 10.1. The molecule has 0 radical (unpaired) electrons. The van der Waals surface area contributed by atoms with Gasteiger partial charge in [-0.1, -0.05) is 6.92 Å². The van der Waals surface area contributed by atoms with Crippen LogP contribution in [-0.4, -0.2) is 24.3 Å². The van der Waals surface area contributed by atoms with Gasteiger partial charge in [0.25, 0.3) is 0 Å². The maximum atomic E-state index is 11.5. The van der Waals surface area contributed by atoms with Gasteiger partial charge in [0, 0.05) is 13.2 Å². The van der Waals surface area contributed by atoms with Gasteiger partial charge in [0.1, 0.15) is 0 Å². The molecule has 0 aromatic heterocycles. The molecule has 0 spiro atoms. The second kappa shape index (κ2) is 4.74. The Labute approximate surface area is 97.2 Å². The van der Waals surface area contributed by atoms with Gasteiger partial charge in [-0.25, -0.2) is 0 Å². The molecule has 2 unspecified atom stereocenters. The van der Waals surface area contributed by atoms with Crippen molar-refractivity contribution in [3.05, 3.63) is 0 Å². The molecule has 2 fully saturated rings. The summed E-state index contributed by atoms with van der Waals surface area (Å²) in [6.45, 7) is 3.81. The van der Waals surface area contributed by atoms with E-state index in [4.69, 9.17) is 4.74 Å². The summed E-state index contributed by atoms with van der Waals surface area (Å²) < 4.78 is 5.33. The lowest BCUT2D eigenvalue weighted by Gasteiger charge is -2.31. The summed E-state index contributed by atoms with van der Waals surface area (Å²) in [7, 11) is 0. The lowest BCUT2D eigenvalue weighted by Crippen LogP contribution is -2.32. The third-order valence-electron chi connectivity index (χ3n) is 4.33. The van der Waals surface area contributed by atoms with Gasteiger partial charge >= 0.3 is 5.97 Å². The Morgan fingerprint density at radius 2 is 2.06 bits per heavy atom. The summed E-state index contributed by atoms with van der Waals surface area (Å²) >= 11 is 0. The van der Waals surface area contributed by atoms with E-state index in [9.17, 15) is 9.90 Å². The van der Waals surface area contributed by atoms with E-state index < -0.39 is 11.4 Å². The highest BCUT2D eigenvalue weighted by molar-refractivity contribution is 5.75. The fraction of sp³-hybridized carbons (Fsp3) is 0.923. The summed E-state index contributed by atoms with van der Waals surface area (Å²) in [6.07, 6.45) is 5.79. The monoisotopic (exact) mass is 226 g/mol. The fourth-order valence-electron chi connectivity index (χ4n) is 3.36. The first kappa shape index (κ1) is 11.9. The predicted octanol–water partition coefficient (Wildman–Crippen LogP) is 2.69. The molecular formula is C13H22O3. The van der Waals surface area contributed by atoms with Crippen molar-refractivity contribution in [3.8, 4) is 0 Å². The van der Waals surface area contributed by atoms with Gasteiger partial charge in [-0.2, -0.15) is 0 Å². The number of ether oxygens (including phenoxy) is 1.